The molecular formula is C48H30N4O. The second-order valence-corrected chi connectivity index (χ2v) is 13.4. The van der Waals surface area contributed by atoms with E-state index in [1.165, 1.54) is 16.5 Å². The Balaban J connectivity index is 1.15. The number of imidazole rings is 1. The molecule has 5 heteroatoms. The summed E-state index contributed by atoms with van der Waals surface area (Å²) >= 11 is 0. The smallest absolute Gasteiger partial charge is 0.146 e. The van der Waals surface area contributed by atoms with E-state index in [0.29, 0.717) is 0 Å². The standard InChI is InChI=1S/C48H30N4O/c1-3-13-31(14-4-1)33-27-39(32-15-5-2-6-16-32)47-40(28-33)36-24-22-34(29-41(36)48-50-42-18-8-10-20-44(42)52(47)48)53-35-23-25-38-37-17-7-9-19-43(37)51(45(38)30-35)46-21-11-12-26-49-46/h1-30H. The van der Waals surface area contributed by atoms with Crippen LogP contribution in [0.3, 0.4) is 0 Å². The monoisotopic (exact) mass is 678 g/mol. The number of fused-ring (bicyclic) bond motifs is 11. The van der Waals surface area contributed by atoms with Gasteiger partial charge in [-0.1, -0.05) is 97.1 Å². The van der Waals surface area contributed by atoms with Crippen LogP contribution in [0.5, 0.6) is 11.5 Å². The highest BCUT2D eigenvalue weighted by atomic mass is 16.5. The van der Waals surface area contributed by atoms with Crippen LogP contribution in [0.2, 0.25) is 0 Å². The van der Waals surface area contributed by atoms with Crippen molar-refractivity contribution >= 4 is 60.2 Å². The predicted octanol–water partition coefficient (Wildman–Crippen LogP) is 12.4. The van der Waals surface area contributed by atoms with Crippen LogP contribution < -0.4 is 4.74 Å². The number of pyridine rings is 2. The molecule has 11 aromatic rings. The van der Waals surface area contributed by atoms with Crippen LogP contribution in [0.1, 0.15) is 0 Å². The average molecular weight is 679 g/mol. The first-order chi connectivity index (χ1) is 26.3. The van der Waals surface area contributed by atoms with Gasteiger partial charge in [-0.25, -0.2) is 9.97 Å². The molecule has 0 amide bonds. The van der Waals surface area contributed by atoms with Crippen LogP contribution in [-0.4, -0.2) is 18.9 Å². The topological polar surface area (TPSA) is 44.3 Å². The zero-order chi connectivity index (χ0) is 34.9. The molecule has 4 heterocycles. The molecule has 0 radical (unpaired) electrons. The Morgan fingerprint density at radius 3 is 1.92 bits per heavy atom. The summed E-state index contributed by atoms with van der Waals surface area (Å²) in [6.45, 7) is 0. The van der Waals surface area contributed by atoms with E-state index in [0.717, 1.165) is 83.2 Å². The summed E-state index contributed by atoms with van der Waals surface area (Å²) in [7, 11) is 0. The van der Waals surface area contributed by atoms with Gasteiger partial charge < -0.3 is 4.74 Å². The molecule has 5 nitrogen and oxygen atoms in total. The van der Waals surface area contributed by atoms with Crippen molar-refractivity contribution in [3.05, 3.63) is 182 Å². The van der Waals surface area contributed by atoms with Crippen molar-refractivity contribution in [2.75, 3.05) is 0 Å². The highest BCUT2D eigenvalue weighted by Gasteiger charge is 2.20. The van der Waals surface area contributed by atoms with Gasteiger partial charge in [-0.2, -0.15) is 0 Å². The lowest BCUT2D eigenvalue weighted by Gasteiger charge is -2.17. The summed E-state index contributed by atoms with van der Waals surface area (Å²) in [6.07, 6.45) is 1.83. The van der Waals surface area contributed by atoms with Crippen molar-refractivity contribution < 1.29 is 4.74 Å². The summed E-state index contributed by atoms with van der Waals surface area (Å²) in [4.78, 5) is 9.97. The van der Waals surface area contributed by atoms with Gasteiger partial charge in [0.1, 0.15) is 23.0 Å². The molecule has 7 aromatic carbocycles. The van der Waals surface area contributed by atoms with Gasteiger partial charge in [0.15, 0.2) is 0 Å². The van der Waals surface area contributed by atoms with E-state index < -0.39 is 0 Å². The van der Waals surface area contributed by atoms with Crippen LogP contribution in [0.25, 0.3) is 88.2 Å². The quantitative estimate of drug-likeness (QED) is 0.170. The molecule has 0 aliphatic heterocycles. The Kier molecular flexibility index (Phi) is 6.48. The largest absolute Gasteiger partial charge is 0.457 e. The molecular weight excluding hydrogens is 649 g/mol. The Labute approximate surface area is 304 Å². The van der Waals surface area contributed by atoms with E-state index in [4.69, 9.17) is 14.7 Å². The van der Waals surface area contributed by atoms with Crippen molar-refractivity contribution in [3.63, 3.8) is 0 Å². The summed E-state index contributed by atoms with van der Waals surface area (Å²) in [5.74, 6) is 2.36. The Morgan fingerprint density at radius 1 is 0.434 bits per heavy atom. The lowest BCUT2D eigenvalue weighted by atomic mass is 9.93. The van der Waals surface area contributed by atoms with E-state index in [-0.39, 0.29) is 0 Å². The number of hydrogen-bond acceptors (Lipinski definition) is 3. The number of aromatic nitrogens is 4. The molecule has 0 unspecified atom stereocenters. The first-order valence-electron chi connectivity index (χ1n) is 17.8. The first-order valence-corrected chi connectivity index (χ1v) is 17.8. The number of nitrogens with zero attached hydrogens (tertiary/aromatic N) is 4. The van der Waals surface area contributed by atoms with Crippen LogP contribution in [-0.2, 0) is 0 Å². The molecule has 0 aliphatic carbocycles. The second-order valence-electron chi connectivity index (χ2n) is 13.4. The van der Waals surface area contributed by atoms with E-state index in [9.17, 15) is 0 Å². The Hall–Kier alpha value is -7.24. The minimum atomic E-state index is 0.744. The molecule has 53 heavy (non-hydrogen) atoms. The fourth-order valence-corrected chi connectivity index (χ4v) is 8.04. The number of hydrogen-bond donors (Lipinski definition) is 0. The maximum Gasteiger partial charge on any atom is 0.146 e. The van der Waals surface area contributed by atoms with Gasteiger partial charge in [0.2, 0.25) is 0 Å². The van der Waals surface area contributed by atoms with E-state index >= 15 is 0 Å². The summed E-state index contributed by atoms with van der Waals surface area (Å²) in [6, 6.07) is 61.6. The second kappa shape index (κ2) is 11.7. The molecule has 0 fully saturated rings. The molecule has 11 rings (SSSR count). The molecule has 0 atom stereocenters. The van der Waals surface area contributed by atoms with Gasteiger partial charge in [0.05, 0.1) is 27.6 Å². The lowest BCUT2D eigenvalue weighted by Crippen LogP contribution is -1.97. The SMILES string of the molecule is c1ccc(-c2cc(-c3ccccc3)c3c(c2)c2ccc(Oc4ccc5c6ccccc6n(-c6ccccn6)c5c4)cc2c2nc4ccccc4n23)cc1. The molecule has 4 aromatic heterocycles. The van der Waals surface area contributed by atoms with Gasteiger partial charge in [-0.05, 0) is 94.9 Å². The van der Waals surface area contributed by atoms with Crippen molar-refractivity contribution in [1.29, 1.82) is 0 Å². The van der Waals surface area contributed by atoms with Crippen molar-refractivity contribution in [2.24, 2.45) is 0 Å². The average Bonchev–Trinajstić information content (AvgIpc) is 3.78. The number of para-hydroxylation sites is 3. The molecule has 0 bridgehead atoms. The van der Waals surface area contributed by atoms with E-state index in [1.54, 1.807) is 0 Å². The highest BCUT2D eigenvalue weighted by molar-refractivity contribution is 6.18. The van der Waals surface area contributed by atoms with Crippen LogP contribution in [0.15, 0.2) is 182 Å². The normalized spacial score (nSPS) is 11.8. The van der Waals surface area contributed by atoms with E-state index in [2.05, 4.69) is 167 Å². The third-order valence-corrected chi connectivity index (χ3v) is 10.4. The zero-order valence-corrected chi connectivity index (χ0v) is 28.5. The molecule has 0 aliphatic rings. The molecule has 0 saturated heterocycles. The highest BCUT2D eigenvalue weighted by Crippen LogP contribution is 2.42. The van der Waals surface area contributed by atoms with E-state index in [1.807, 2.05) is 24.4 Å². The van der Waals surface area contributed by atoms with Crippen LogP contribution in [0, 0.1) is 0 Å². The molecule has 248 valence electrons. The van der Waals surface area contributed by atoms with Gasteiger partial charge in [-0.3, -0.25) is 8.97 Å². The molecule has 0 N–H and O–H groups in total. The van der Waals surface area contributed by atoms with Crippen molar-refractivity contribution in [1.82, 2.24) is 18.9 Å². The van der Waals surface area contributed by atoms with Crippen LogP contribution in [0.4, 0.5) is 0 Å². The summed E-state index contributed by atoms with van der Waals surface area (Å²) < 4.78 is 11.3. The summed E-state index contributed by atoms with van der Waals surface area (Å²) in [5, 5.41) is 5.63. The first kappa shape index (κ1) is 29.5. The Bertz CT molecular complexity index is 3180. The van der Waals surface area contributed by atoms with Crippen molar-refractivity contribution in [2.45, 2.75) is 0 Å². The van der Waals surface area contributed by atoms with Gasteiger partial charge in [-0.15, -0.1) is 0 Å². The lowest BCUT2D eigenvalue weighted by molar-refractivity contribution is 0.484. The zero-order valence-electron chi connectivity index (χ0n) is 28.5. The third kappa shape index (κ3) is 4.64. The minimum absolute atomic E-state index is 0.744. The maximum atomic E-state index is 6.73. The third-order valence-electron chi connectivity index (χ3n) is 10.4. The van der Waals surface area contributed by atoms with Gasteiger partial charge in [0, 0.05) is 39.4 Å². The van der Waals surface area contributed by atoms with Crippen molar-refractivity contribution in [3.8, 4) is 39.6 Å². The summed E-state index contributed by atoms with van der Waals surface area (Å²) in [5.41, 5.74) is 10.9. The van der Waals surface area contributed by atoms with Gasteiger partial charge in [0.25, 0.3) is 0 Å². The van der Waals surface area contributed by atoms with Gasteiger partial charge >= 0.3 is 0 Å². The number of ether oxygens (including phenoxy) is 1. The predicted molar refractivity (Wildman–Crippen MR) is 217 cm³/mol. The fraction of sp³-hybridized carbons (Fsp3) is 0. The fourth-order valence-electron chi connectivity index (χ4n) is 8.04. The van der Waals surface area contributed by atoms with Crippen LogP contribution >= 0.6 is 0 Å². The molecule has 0 saturated carbocycles. The maximum absolute atomic E-state index is 6.73. The Morgan fingerprint density at radius 2 is 1.11 bits per heavy atom. The molecule has 0 spiro atoms. The number of benzene rings is 7. The number of rotatable bonds is 5. The minimum Gasteiger partial charge on any atom is -0.457 e.